The van der Waals surface area contributed by atoms with E-state index >= 15 is 0 Å². The molecule has 3 nitrogen and oxygen atoms in total. The number of benzene rings is 2. The number of rotatable bonds is 7. The van der Waals surface area contributed by atoms with Crippen LogP contribution in [0.3, 0.4) is 0 Å². The summed E-state index contributed by atoms with van der Waals surface area (Å²) in [5.41, 5.74) is 1.92. The Hall–Kier alpha value is -0.840. The second-order valence-electron chi connectivity index (χ2n) is 6.85. The molecule has 0 aliphatic heterocycles. The van der Waals surface area contributed by atoms with Gasteiger partial charge in [-0.3, -0.25) is 0 Å². The average Bonchev–Trinajstić information content (AvgIpc) is 2.67. The number of ether oxygens (including phenoxy) is 2. The van der Waals surface area contributed by atoms with Gasteiger partial charge in [0.2, 0.25) is 0 Å². The summed E-state index contributed by atoms with van der Waals surface area (Å²) in [7, 11) is 1.62. The monoisotopic (exact) mass is 463 g/mol. The molecule has 0 aromatic heterocycles. The maximum absolute atomic E-state index is 6.48. The van der Waals surface area contributed by atoms with Crippen molar-refractivity contribution in [2.24, 2.45) is 0 Å². The van der Waals surface area contributed by atoms with Crippen molar-refractivity contribution in [3.05, 3.63) is 56.5 Å². The molecule has 0 atom stereocenters. The van der Waals surface area contributed by atoms with E-state index in [1.165, 1.54) is 32.1 Å². The number of nitrogens with one attached hydrogen (secondary N) is 1. The van der Waals surface area contributed by atoms with Crippen LogP contribution in [0.4, 0.5) is 0 Å². The number of methoxy groups -OCH3 is 1. The first-order valence-electron chi connectivity index (χ1n) is 9.23. The molecule has 0 bridgehead atoms. The van der Waals surface area contributed by atoms with Crippen LogP contribution in [-0.4, -0.2) is 13.2 Å². The fraction of sp³-hybridized carbons (Fsp3) is 0.429. The molecule has 3 rings (SSSR count). The van der Waals surface area contributed by atoms with Crippen molar-refractivity contribution in [2.75, 3.05) is 7.11 Å². The molecule has 2 aromatic rings. The zero-order valence-corrected chi connectivity index (χ0v) is 18.9. The van der Waals surface area contributed by atoms with Crippen LogP contribution in [-0.2, 0) is 13.2 Å². The van der Waals surface area contributed by atoms with Crippen LogP contribution in [0.15, 0.2) is 30.3 Å². The van der Waals surface area contributed by atoms with Crippen LogP contribution in [0.1, 0.15) is 43.2 Å². The van der Waals surface area contributed by atoms with Gasteiger partial charge in [0.25, 0.3) is 0 Å². The third kappa shape index (κ3) is 6.33. The highest BCUT2D eigenvalue weighted by molar-refractivity contribution is 6.35. The molecule has 1 N–H and O–H groups in total. The van der Waals surface area contributed by atoms with Gasteiger partial charge in [0, 0.05) is 28.2 Å². The number of hydrogen-bond donors (Lipinski definition) is 1. The minimum absolute atomic E-state index is 0. The van der Waals surface area contributed by atoms with Gasteiger partial charge in [-0.1, -0.05) is 60.1 Å². The van der Waals surface area contributed by atoms with E-state index in [1.807, 2.05) is 18.2 Å². The highest BCUT2D eigenvalue weighted by Crippen LogP contribution is 2.37. The largest absolute Gasteiger partial charge is 0.493 e. The van der Waals surface area contributed by atoms with E-state index in [0.717, 1.165) is 17.7 Å². The minimum Gasteiger partial charge on any atom is -0.493 e. The van der Waals surface area contributed by atoms with Crippen molar-refractivity contribution < 1.29 is 9.47 Å². The van der Waals surface area contributed by atoms with Crippen molar-refractivity contribution in [3.63, 3.8) is 0 Å². The molecule has 1 fully saturated rings. The van der Waals surface area contributed by atoms with Crippen LogP contribution in [0.2, 0.25) is 15.1 Å². The zero-order chi connectivity index (χ0) is 19.2. The standard InChI is InChI=1S/C21H24Cl3NO2.ClH/c1-26-20-10-14(12-25-17-5-3-2-4-6-17)9-19(24)21(20)27-13-15-7-8-16(22)11-18(15)23;/h7-11,17,25H,2-6,12-13H2,1H3;1H. The van der Waals surface area contributed by atoms with Crippen molar-refractivity contribution in [3.8, 4) is 11.5 Å². The predicted octanol–water partition coefficient (Wildman–Crippen LogP) is 7.08. The molecule has 0 amide bonds. The summed E-state index contributed by atoms with van der Waals surface area (Å²) in [4.78, 5) is 0. The van der Waals surface area contributed by atoms with E-state index in [0.29, 0.717) is 32.6 Å². The van der Waals surface area contributed by atoms with Gasteiger partial charge in [0.05, 0.1) is 12.1 Å². The molecule has 2 aromatic carbocycles. The predicted molar refractivity (Wildman–Crippen MR) is 120 cm³/mol. The van der Waals surface area contributed by atoms with Gasteiger partial charge >= 0.3 is 0 Å². The van der Waals surface area contributed by atoms with Crippen molar-refractivity contribution in [1.82, 2.24) is 5.32 Å². The van der Waals surface area contributed by atoms with E-state index in [9.17, 15) is 0 Å². The van der Waals surface area contributed by atoms with Crippen LogP contribution >= 0.6 is 47.2 Å². The summed E-state index contributed by atoms with van der Waals surface area (Å²) in [6, 6.07) is 9.81. The van der Waals surface area contributed by atoms with Gasteiger partial charge in [-0.05, 0) is 42.7 Å². The van der Waals surface area contributed by atoms with Gasteiger partial charge < -0.3 is 14.8 Å². The van der Waals surface area contributed by atoms with E-state index < -0.39 is 0 Å². The Morgan fingerprint density at radius 1 is 1.00 bits per heavy atom. The smallest absolute Gasteiger partial charge is 0.180 e. The normalized spacial score (nSPS) is 14.4. The summed E-state index contributed by atoms with van der Waals surface area (Å²) in [5, 5.41) is 5.30. The Balaban J connectivity index is 0.00000280. The number of halogens is 4. The van der Waals surface area contributed by atoms with Crippen LogP contribution in [0.25, 0.3) is 0 Å². The third-order valence-electron chi connectivity index (χ3n) is 4.88. The lowest BCUT2D eigenvalue weighted by atomic mass is 9.95. The topological polar surface area (TPSA) is 30.5 Å². The lowest BCUT2D eigenvalue weighted by Crippen LogP contribution is -2.30. The quantitative estimate of drug-likeness (QED) is 0.474. The average molecular weight is 465 g/mol. The molecule has 0 spiro atoms. The van der Waals surface area contributed by atoms with Crippen molar-refractivity contribution in [2.45, 2.75) is 51.3 Å². The van der Waals surface area contributed by atoms with Gasteiger partial charge in [0.1, 0.15) is 6.61 Å². The molecule has 28 heavy (non-hydrogen) atoms. The summed E-state index contributed by atoms with van der Waals surface area (Å²) in [6.45, 7) is 1.05. The zero-order valence-electron chi connectivity index (χ0n) is 15.8. The second kappa shape index (κ2) is 11.4. The Labute approximate surface area is 188 Å². The summed E-state index contributed by atoms with van der Waals surface area (Å²) >= 11 is 18.6. The van der Waals surface area contributed by atoms with Gasteiger partial charge in [0.15, 0.2) is 11.5 Å². The molecular weight excluding hydrogens is 440 g/mol. The maximum Gasteiger partial charge on any atom is 0.180 e. The molecule has 1 saturated carbocycles. The fourth-order valence-electron chi connectivity index (χ4n) is 3.37. The van der Waals surface area contributed by atoms with Crippen molar-refractivity contribution >= 4 is 47.2 Å². The Kier molecular flexibility index (Phi) is 9.52. The van der Waals surface area contributed by atoms with E-state index in [-0.39, 0.29) is 19.0 Å². The van der Waals surface area contributed by atoms with Gasteiger partial charge in [-0.15, -0.1) is 12.4 Å². The third-order valence-corrected chi connectivity index (χ3v) is 5.74. The summed E-state index contributed by atoms with van der Waals surface area (Å²) < 4.78 is 11.4. The van der Waals surface area contributed by atoms with E-state index in [4.69, 9.17) is 44.3 Å². The van der Waals surface area contributed by atoms with Gasteiger partial charge in [-0.2, -0.15) is 0 Å². The van der Waals surface area contributed by atoms with Crippen LogP contribution < -0.4 is 14.8 Å². The molecule has 0 radical (unpaired) electrons. The van der Waals surface area contributed by atoms with Crippen LogP contribution in [0, 0.1) is 0 Å². The SMILES string of the molecule is COc1cc(CNC2CCCCC2)cc(Cl)c1OCc1ccc(Cl)cc1Cl.Cl. The lowest BCUT2D eigenvalue weighted by Gasteiger charge is -2.23. The minimum atomic E-state index is 0. The van der Waals surface area contributed by atoms with Crippen LogP contribution in [0.5, 0.6) is 11.5 Å². The highest BCUT2D eigenvalue weighted by atomic mass is 35.5. The molecule has 154 valence electrons. The number of hydrogen-bond acceptors (Lipinski definition) is 3. The van der Waals surface area contributed by atoms with E-state index in [1.54, 1.807) is 19.2 Å². The first-order valence-corrected chi connectivity index (χ1v) is 10.4. The Morgan fingerprint density at radius 2 is 1.75 bits per heavy atom. The molecule has 1 aliphatic carbocycles. The first kappa shape index (κ1) is 23.4. The second-order valence-corrected chi connectivity index (χ2v) is 8.10. The summed E-state index contributed by atoms with van der Waals surface area (Å²) in [5.74, 6) is 1.14. The van der Waals surface area contributed by atoms with Gasteiger partial charge in [-0.25, -0.2) is 0 Å². The Morgan fingerprint density at radius 3 is 2.43 bits per heavy atom. The lowest BCUT2D eigenvalue weighted by molar-refractivity contribution is 0.284. The molecule has 0 saturated heterocycles. The molecule has 1 aliphatic rings. The van der Waals surface area contributed by atoms with Crippen molar-refractivity contribution in [1.29, 1.82) is 0 Å². The highest BCUT2D eigenvalue weighted by Gasteiger charge is 2.16. The molecule has 0 heterocycles. The maximum atomic E-state index is 6.48. The fourth-order valence-corrected chi connectivity index (χ4v) is 4.12. The molecule has 0 unspecified atom stereocenters. The Bertz CT molecular complexity index is 779. The molecular formula is C21H25Cl4NO2. The molecule has 7 heteroatoms. The van der Waals surface area contributed by atoms with E-state index in [2.05, 4.69) is 5.32 Å². The summed E-state index contributed by atoms with van der Waals surface area (Å²) in [6.07, 6.45) is 6.45. The first-order chi connectivity index (χ1) is 13.1.